The number of amides is 1. The van der Waals surface area contributed by atoms with Gasteiger partial charge in [-0.05, 0) is 30.3 Å². The molecule has 0 atom stereocenters. The predicted molar refractivity (Wildman–Crippen MR) is 121 cm³/mol. The lowest BCUT2D eigenvalue weighted by Crippen LogP contribution is -2.14. The highest BCUT2D eigenvalue weighted by molar-refractivity contribution is 6.32. The number of para-hydroxylation sites is 1. The number of carbonyl (C=O) groups is 1. The van der Waals surface area contributed by atoms with Crippen molar-refractivity contribution < 1.29 is 23.7 Å². The molecule has 3 aromatic carbocycles. The predicted octanol–water partition coefficient (Wildman–Crippen LogP) is 5.85. The Kier molecular flexibility index (Phi) is 7.50. The van der Waals surface area contributed by atoms with Gasteiger partial charge in [-0.15, -0.1) is 0 Å². The molecule has 0 fully saturated rings. The molecule has 6 nitrogen and oxygen atoms in total. The lowest BCUT2D eigenvalue weighted by atomic mass is 10.1. The van der Waals surface area contributed by atoms with Crippen molar-refractivity contribution in [2.75, 3.05) is 26.6 Å². The molecule has 0 spiro atoms. The number of hydrogen-bond acceptors (Lipinski definition) is 5. The first kappa shape index (κ1) is 22.6. The number of halogens is 2. The van der Waals surface area contributed by atoms with Crippen molar-refractivity contribution in [1.29, 1.82) is 0 Å². The maximum Gasteiger partial charge on any atom is 0.255 e. The Bertz CT molecular complexity index is 1090. The molecule has 0 heterocycles. The molecule has 0 bridgehead atoms. The topological polar surface area (TPSA) is 66.0 Å². The number of benzene rings is 3. The summed E-state index contributed by atoms with van der Waals surface area (Å²) in [4.78, 5) is 12.9. The van der Waals surface area contributed by atoms with E-state index < -0.39 is 0 Å². The van der Waals surface area contributed by atoms with Crippen LogP contribution in [0.5, 0.6) is 23.0 Å². The Labute approximate surface area is 190 Å². The van der Waals surface area contributed by atoms with E-state index in [1.807, 2.05) is 12.1 Å². The van der Waals surface area contributed by atoms with Crippen LogP contribution in [0.2, 0.25) is 10.0 Å². The summed E-state index contributed by atoms with van der Waals surface area (Å²) in [7, 11) is 4.54. The summed E-state index contributed by atoms with van der Waals surface area (Å²) in [6, 6.07) is 15.4. The van der Waals surface area contributed by atoms with Gasteiger partial charge in [0.05, 0.1) is 37.1 Å². The van der Waals surface area contributed by atoms with Crippen LogP contribution in [0.3, 0.4) is 0 Å². The summed E-state index contributed by atoms with van der Waals surface area (Å²) in [5.74, 6) is 1.62. The van der Waals surface area contributed by atoms with Crippen LogP contribution in [0.15, 0.2) is 54.6 Å². The summed E-state index contributed by atoms with van der Waals surface area (Å²) in [5, 5.41) is 3.70. The molecule has 3 aromatic rings. The SMILES string of the molecule is COc1cc(NC(=O)c2ccc(OC)c(COc3ccccc3Cl)c2)c(OC)cc1Cl. The van der Waals surface area contributed by atoms with Gasteiger partial charge in [0.25, 0.3) is 5.91 Å². The van der Waals surface area contributed by atoms with Crippen molar-refractivity contribution in [3.05, 3.63) is 75.8 Å². The van der Waals surface area contributed by atoms with E-state index in [1.54, 1.807) is 49.6 Å². The Morgan fingerprint density at radius 1 is 0.806 bits per heavy atom. The van der Waals surface area contributed by atoms with E-state index in [1.165, 1.54) is 14.2 Å². The lowest BCUT2D eigenvalue weighted by Gasteiger charge is -2.15. The molecule has 3 rings (SSSR count). The third-order valence-electron chi connectivity index (χ3n) is 4.48. The molecule has 31 heavy (non-hydrogen) atoms. The Balaban J connectivity index is 1.84. The molecule has 0 radical (unpaired) electrons. The first-order valence-electron chi connectivity index (χ1n) is 9.24. The average molecular weight is 462 g/mol. The van der Waals surface area contributed by atoms with E-state index >= 15 is 0 Å². The third kappa shape index (κ3) is 5.34. The minimum absolute atomic E-state index is 0.173. The van der Waals surface area contributed by atoms with E-state index in [2.05, 4.69) is 5.32 Å². The van der Waals surface area contributed by atoms with E-state index in [4.69, 9.17) is 42.1 Å². The zero-order valence-electron chi connectivity index (χ0n) is 17.2. The van der Waals surface area contributed by atoms with Crippen LogP contribution < -0.4 is 24.3 Å². The normalized spacial score (nSPS) is 10.4. The van der Waals surface area contributed by atoms with Gasteiger partial charge in [-0.1, -0.05) is 35.3 Å². The highest BCUT2D eigenvalue weighted by Crippen LogP contribution is 2.36. The fourth-order valence-electron chi connectivity index (χ4n) is 2.90. The van der Waals surface area contributed by atoms with Crippen LogP contribution in [0.25, 0.3) is 0 Å². The molecule has 0 aliphatic carbocycles. The standard InChI is InChI=1S/C23H21Cl2NO5/c1-28-19-9-8-14(10-15(19)13-31-20-7-5-4-6-16(20)24)23(27)26-18-12-21(29-2)17(25)11-22(18)30-3/h4-12H,13H2,1-3H3,(H,26,27). The van der Waals surface area contributed by atoms with E-state index in [0.29, 0.717) is 49.9 Å². The van der Waals surface area contributed by atoms with Gasteiger partial charge >= 0.3 is 0 Å². The largest absolute Gasteiger partial charge is 0.496 e. The van der Waals surface area contributed by atoms with Crippen molar-refractivity contribution in [2.24, 2.45) is 0 Å². The second kappa shape index (κ2) is 10.3. The summed E-state index contributed by atoms with van der Waals surface area (Å²) in [5.41, 5.74) is 1.53. The molecule has 0 saturated heterocycles. The zero-order valence-corrected chi connectivity index (χ0v) is 18.7. The van der Waals surface area contributed by atoms with Gasteiger partial charge in [0.15, 0.2) is 0 Å². The fourth-order valence-corrected chi connectivity index (χ4v) is 3.32. The van der Waals surface area contributed by atoms with Crippen LogP contribution in [0, 0.1) is 0 Å². The van der Waals surface area contributed by atoms with Gasteiger partial charge < -0.3 is 24.3 Å². The van der Waals surface area contributed by atoms with Gasteiger partial charge in [0.1, 0.15) is 29.6 Å². The molecule has 8 heteroatoms. The number of carbonyl (C=O) groups excluding carboxylic acids is 1. The number of rotatable bonds is 8. The lowest BCUT2D eigenvalue weighted by molar-refractivity contribution is 0.102. The molecule has 0 saturated carbocycles. The van der Waals surface area contributed by atoms with Gasteiger partial charge in [-0.3, -0.25) is 4.79 Å². The number of nitrogens with one attached hydrogen (secondary N) is 1. The maximum absolute atomic E-state index is 12.9. The number of anilines is 1. The van der Waals surface area contributed by atoms with Crippen LogP contribution in [0.1, 0.15) is 15.9 Å². The average Bonchev–Trinajstić information content (AvgIpc) is 2.79. The van der Waals surface area contributed by atoms with Gasteiger partial charge in [0.2, 0.25) is 0 Å². The van der Waals surface area contributed by atoms with Crippen LogP contribution >= 0.6 is 23.2 Å². The van der Waals surface area contributed by atoms with Crippen LogP contribution in [-0.2, 0) is 6.61 Å². The monoisotopic (exact) mass is 461 g/mol. The molecular weight excluding hydrogens is 441 g/mol. The van der Waals surface area contributed by atoms with Gasteiger partial charge in [-0.2, -0.15) is 0 Å². The molecule has 0 aliphatic rings. The van der Waals surface area contributed by atoms with Crippen molar-refractivity contribution >= 4 is 34.8 Å². The summed E-state index contributed by atoms with van der Waals surface area (Å²) < 4.78 is 21.7. The molecule has 0 unspecified atom stereocenters. The second-order valence-corrected chi connectivity index (χ2v) is 7.20. The zero-order chi connectivity index (χ0) is 22.4. The first-order chi connectivity index (χ1) is 15.0. The molecule has 162 valence electrons. The van der Waals surface area contributed by atoms with Crippen molar-refractivity contribution in [3.63, 3.8) is 0 Å². The van der Waals surface area contributed by atoms with Crippen LogP contribution in [-0.4, -0.2) is 27.2 Å². The van der Waals surface area contributed by atoms with Gasteiger partial charge in [0, 0.05) is 23.3 Å². The quantitative estimate of drug-likeness (QED) is 0.455. The molecule has 0 aliphatic heterocycles. The Hall–Kier alpha value is -3.09. The fraction of sp³-hybridized carbons (Fsp3) is 0.174. The van der Waals surface area contributed by atoms with E-state index in [0.717, 1.165) is 0 Å². The minimum atomic E-state index is -0.343. The molecule has 1 amide bonds. The van der Waals surface area contributed by atoms with Gasteiger partial charge in [-0.25, -0.2) is 0 Å². The third-order valence-corrected chi connectivity index (χ3v) is 5.09. The summed E-state index contributed by atoms with van der Waals surface area (Å²) in [6.45, 7) is 0.173. The van der Waals surface area contributed by atoms with Crippen LogP contribution in [0.4, 0.5) is 5.69 Å². The van der Waals surface area contributed by atoms with E-state index in [9.17, 15) is 4.79 Å². The number of methoxy groups -OCH3 is 3. The molecule has 1 N–H and O–H groups in total. The van der Waals surface area contributed by atoms with Crippen molar-refractivity contribution in [1.82, 2.24) is 0 Å². The number of hydrogen-bond donors (Lipinski definition) is 1. The highest BCUT2D eigenvalue weighted by atomic mass is 35.5. The first-order valence-corrected chi connectivity index (χ1v) is 9.99. The molecular formula is C23H21Cl2NO5. The maximum atomic E-state index is 12.9. The second-order valence-electron chi connectivity index (χ2n) is 6.39. The number of ether oxygens (including phenoxy) is 4. The minimum Gasteiger partial charge on any atom is -0.496 e. The van der Waals surface area contributed by atoms with E-state index in [-0.39, 0.29) is 12.5 Å². The molecule has 0 aromatic heterocycles. The smallest absolute Gasteiger partial charge is 0.255 e. The summed E-state index contributed by atoms with van der Waals surface area (Å²) >= 11 is 12.3. The highest BCUT2D eigenvalue weighted by Gasteiger charge is 2.16. The summed E-state index contributed by atoms with van der Waals surface area (Å²) in [6.07, 6.45) is 0. The Morgan fingerprint density at radius 2 is 1.52 bits per heavy atom. The van der Waals surface area contributed by atoms with Crippen molar-refractivity contribution in [3.8, 4) is 23.0 Å². The Morgan fingerprint density at radius 3 is 2.19 bits per heavy atom. The van der Waals surface area contributed by atoms with Crippen molar-refractivity contribution in [2.45, 2.75) is 6.61 Å².